The molecular formula is C16H36O4. The Morgan fingerprint density at radius 2 is 0.550 bits per heavy atom. The van der Waals surface area contributed by atoms with Crippen LogP contribution >= 0.6 is 0 Å². The third-order valence-corrected chi connectivity index (χ3v) is 1.97. The maximum absolute atomic E-state index is 5.27. The summed E-state index contributed by atoms with van der Waals surface area (Å²) in [5.74, 6) is 0. The maximum atomic E-state index is 5.27. The average molecular weight is 292 g/mol. The maximum Gasteiger partial charge on any atom is 0.0704 e. The van der Waals surface area contributed by atoms with Crippen molar-refractivity contribution >= 4 is 0 Å². The van der Waals surface area contributed by atoms with E-state index < -0.39 is 0 Å². The first-order valence-corrected chi connectivity index (χ1v) is 7.72. The molecule has 0 aromatic heterocycles. The second-order valence-electron chi connectivity index (χ2n) is 5.68. The molecule has 124 valence electrons. The van der Waals surface area contributed by atoms with Crippen molar-refractivity contribution in [2.75, 3.05) is 26.4 Å². The van der Waals surface area contributed by atoms with Crippen LogP contribution in [0.3, 0.4) is 0 Å². The molecule has 0 saturated heterocycles. The van der Waals surface area contributed by atoms with Crippen molar-refractivity contribution < 1.29 is 18.9 Å². The molecule has 0 unspecified atom stereocenters. The Kier molecular flexibility index (Phi) is 16.9. The van der Waals surface area contributed by atoms with Gasteiger partial charge < -0.3 is 18.9 Å². The van der Waals surface area contributed by atoms with Crippen molar-refractivity contribution in [1.82, 2.24) is 0 Å². The van der Waals surface area contributed by atoms with E-state index in [1.54, 1.807) is 0 Å². The van der Waals surface area contributed by atoms with E-state index in [-0.39, 0.29) is 0 Å². The largest absolute Gasteiger partial charge is 0.376 e. The molecule has 0 rings (SSSR count). The lowest BCUT2D eigenvalue weighted by atomic mass is 10.5. The lowest BCUT2D eigenvalue weighted by Gasteiger charge is -2.09. The van der Waals surface area contributed by atoms with Crippen molar-refractivity contribution in [2.24, 2.45) is 0 Å². The Balaban J connectivity index is 0. The third-order valence-electron chi connectivity index (χ3n) is 1.97. The van der Waals surface area contributed by atoms with E-state index in [2.05, 4.69) is 0 Å². The van der Waals surface area contributed by atoms with Gasteiger partial charge in [0.1, 0.15) is 0 Å². The van der Waals surface area contributed by atoms with Crippen LogP contribution in [0.1, 0.15) is 55.4 Å². The summed E-state index contributed by atoms with van der Waals surface area (Å²) >= 11 is 0. The van der Waals surface area contributed by atoms with Gasteiger partial charge in [0, 0.05) is 0 Å². The molecule has 0 bridgehead atoms. The second-order valence-corrected chi connectivity index (χ2v) is 5.68. The van der Waals surface area contributed by atoms with E-state index in [9.17, 15) is 0 Å². The highest BCUT2D eigenvalue weighted by atomic mass is 16.5. The molecule has 0 spiro atoms. The molecule has 0 amide bonds. The fraction of sp³-hybridized carbons (Fsp3) is 1.00. The molecule has 0 aliphatic heterocycles. The highest BCUT2D eigenvalue weighted by molar-refractivity contribution is 4.40. The minimum absolute atomic E-state index is 0.316. The topological polar surface area (TPSA) is 36.9 Å². The summed E-state index contributed by atoms with van der Waals surface area (Å²) in [7, 11) is 0. The minimum Gasteiger partial charge on any atom is -0.376 e. The van der Waals surface area contributed by atoms with Gasteiger partial charge in [0.2, 0.25) is 0 Å². The molecule has 20 heavy (non-hydrogen) atoms. The zero-order valence-corrected chi connectivity index (χ0v) is 14.8. The Hall–Kier alpha value is -0.160. The van der Waals surface area contributed by atoms with Crippen molar-refractivity contribution in [2.45, 2.75) is 79.8 Å². The van der Waals surface area contributed by atoms with E-state index in [0.717, 1.165) is 0 Å². The SMILES string of the molecule is CC(C)OCCOC(C)C.CC(C)OCCOC(C)C. The van der Waals surface area contributed by atoms with Crippen molar-refractivity contribution in [3.63, 3.8) is 0 Å². The van der Waals surface area contributed by atoms with Gasteiger partial charge >= 0.3 is 0 Å². The van der Waals surface area contributed by atoms with Crippen LogP contribution in [0.2, 0.25) is 0 Å². The van der Waals surface area contributed by atoms with Crippen LogP contribution in [0.15, 0.2) is 0 Å². The fourth-order valence-corrected chi connectivity index (χ4v) is 1.14. The van der Waals surface area contributed by atoms with Crippen LogP contribution in [0.4, 0.5) is 0 Å². The minimum atomic E-state index is 0.316. The first-order valence-electron chi connectivity index (χ1n) is 7.72. The Morgan fingerprint density at radius 1 is 0.400 bits per heavy atom. The summed E-state index contributed by atoms with van der Waals surface area (Å²) in [6.07, 6.45) is 1.26. The Bertz CT molecular complexity index is 139. The number of rotatable bonds is 10. The lowest BCUT2D eigenvalue weighted by molar-refractivity contribution is -0.00108. The smallest absolute Gasteiger partial charge is 0.0704 e. The highest BCUT2D eigenvalue weighted by Crippen LogP contribution is 1.91. The first kappa shape index (κ1) is 22.1. The monoisotopic (exact) mass is 292 g/mol. The Labute approximate surface area is 126 Å². The molecule has 0 saturated carbocycles. The van der Waals surface area contributed by atoms with Crippen LogP contribution in [-0.2, 0) is 18.9 Å². The molecule has 0 atom stereocenters. The van der Waals surface area contributed by atoms with E-state index in [4.69, 9.17) is 18.9 Å². The summed E-state index contributed by atoms with van der Waals surface area (Å²) in [5, 5.41) is 0. The Morgan fingerprint density at radius 3 is 0.650 bits per heavy atom. The van der Waals surface area contributed by atoms with Gasteiger partial charge in [0.25, 0.3) is 0 Å². The van der Waals surface area contributed by atoms with E-state index in [1.807, 2.05) is 55.4 Å². The molecule has 0 fully saturated rings. The molecule has 4 heteroatoms. The molecule has 0 aliphatic rings. The molecule has 0 heterocycles. The predicted octanol–water partition coefficient (Wildman–Crippen LogP) is 3.67. The van der Waals surface area contributed by atoms with Gasteiger partial charge in [-0.05, 0) is 55.4 Å². The summed E-state index contributed by atoms with van der Waals surface area (Å²) in [6.45, 7) is 19.0. The zero-order valence-electron chi connectivity index (χ0n) is 14.8. The summed E-state index contributed by atoms with van der Waals surface area (Å²) in [4.78, 5) is 0. The standard InChI is InChI=1S/2C8H18O2/c2*1-7(2)9-5-6-10-8(3)4/h2*7-8H,5-6H2,1-4H3. The van der Waals surface area contributed by atoms with Crippen LogP contribution < -0.4 is 0 Å². The van der Waals surface area contributed by atoms with E-state index in [0.29, 0.717) is 50.8 Å². The van der Waals surface area contributed by atoms with Gasteiger partial charge in [-0.1, -0.05) is 0 Å². The molecule has 0 aromatic carbocycles. The van der Waals surface area contributed by atoms with Crippen molar-refractivity contribution in [1.29, 1.82) is 0 Å². The average Bonchev–Trinajstić information content (AvgIpc) is 2.30. The van der Waals surface area contributed by atoms with Crippen LogP contribution in [-0.4, -0.2) is 50.8 Å². The van der Waals surface area contributed by atoms with Gasteiger partial charge in [0.15, 0.2) is 0 Å². The molecule has 0 N–H and O–H groups in total. The molecule has 0 radical (unpaired) electrons. The first-order chi connectivity index (χ1) is 9.25. The quantitative estimate of drug-likeness (QED) is 0.576. The van der Waals surface area contributed by atoms with Crippen molar-refractivity contribution in [3.8, 4) is 0 Å². The summed E-state index contributed by atoms with van der Waals surface area (Å²) < 4.78 is 21.1. The lowest BCUT2D eigenvalue weighted by Crippen LogP contribution is -2.12. The predicted molar refractivity (Wildman–Crippen MR) is 84.4 cm³/mol. The van der Waals surface area contributed by atoms with Gasteiger partial charge in [0.05, 0.1) is 50.8 Å². The normalized spacial score (nSPS) is 11.4. The van der Waals surface area contributed by atoms with Crippen LogP contribution in [0.5, 0.6) is 0 Å². The number of ether oxygens (including phenoxy) is 4. The van der Waals surface area contributed by atoms with Crippen LogP contribution in [0.25, 0.3) is 0 Å². The fourth-order valence-electron chi connectivity index (χ4n) is 1.14. The van der Waals surface area contributed by atoms with Crippen LogP contribution in [0, 0.1) is 0 Å². The molecule has 0 aliphatic carbocycles. The second kappa shape index (κ2) is 15.2. The number of hydrogen-bond acceptors (Lipinski definition) is 4. The summed E-state index contributed by atoms with van der Waals surface area (Å²) in [5.41, 5.74) is 0. The van der Waals surface area contributed by atoms with Gasteiger partial charge in [-0.15, -0.1) is 0 Å². The van der Waals surface area contributed by atoms with Gasteiger partial charge in [-0.3, -0.25) is 0 Å². The van der Waals surface area contributed by atoms with E-state index >= 15 is 0 Å². The molecule has 0 aromatic rings. The summed E-state index contributed by atoms with van der Waals surface area (Å²) in [6, 6.07) is 0. The molecule has 4 nitrogen and oxygen atoms in total. The number of hydrogen-bond donors (Lipinski definition) is 0. The molecular weight excluding hydrogens is 256 g/mol. The van der Waals surface area contributed by atoms with Gasteiger partial charge in [-0.25, -0.2) is 0 Å². The third kappa shape index (κ3) is 26.4. The highest BCUT2D eigenvalue weighted by Gasteiger charge is 1.95. The van der Waals surface area contributed by atoms with Crippen molar-refractivity contribution in [3.05, 3.63) is 0 Å². The zero-order chi connectivity index (χ0) is 16.0. The van der Waals surface area contributed by atoms with Gasteiger partial charge in [-0.2, -0.15) is 0 Å². The van der Waals surface area contributed by atoms with E-state index in [1.165, 1.54) is 0 Å².